The summed E-state index contributed by atoms with van der Waals surface area (Å²) < 4.78 is 0. The molecule has 0 aromatic heterocycles. The Labute approximate surface area is 189 Å². The number of rotatable bonds is 9. The van der Waals surface area contributed by atoms with Crippen molar-refractivity contribution in [2.75, 3.05) is 27.2 Å². The second-order valence-corrected chi connectivity index (χ2v) is 8.48. The Morgan fingerprint density at radius 1 is 0.733 bits per heavy atom. The van der Waals surface area contributed by atoms with E-state index in [-0.39, 0.29) is 30.6 Å². The quantitative estimate of drug-likeness (QED) is 0.433. The fourth-order valence-electron chi connectivity index (χ4n) is 3.33. The van der Waals surface area contributed by atoms with Crippen molar-refractivity contribution in [1.82, 2.24) is 9.80 Å². The van der Waals surface area contributed by atoms with Crippen molar-refractivity contribution in [3.63, 3.8) is 0 Å². The molecule has 4 nitrogen and oxygen atoms in total. The van der Waals surface area contributed by atoms with Crippen molar-refractivity contribution in [2.45, 2.75) is 13.8 Å². The van der Waals surface area contributed by atoms with E-state index >= 15 is 0 Å². The largest absolute Gasteiger partial charge is 0.358 e. The second kappa shape index (κ2) is 11.1. The van der Waals surface area contributed by atoms with Gasteiger partial charge in [-0.1, -0.05) is 98.9 Å². The molecule has 0 radical (unpaired) electrons. The Balaban J connectivity index is 2.04. The first-order chi connectivity index (χ1) is 14.2. The zero-order valence-electron chi connectivity index (χ0n) is 17.9. The van der Waals surface area contributed by atoms with Gasteiger partial charge in [-0.15, -0.1) is 0 Å². The maximum absolute atomic E-state index is 13.0. The molecule has 2 aromatic carbocycles. The summed E-state index contributed by atoms with van der Waals surface area (Å²) in [4.78, 5) is 30.7. The van der Waals surface area contributed by atoms with Gasteiger partial charge in [0, 0.05) is 25.2 Å². The van der Waals surface area contributed by atoms with Crippen molar-refractivity contribution in [3.8, 4) is 0 Å². The number of carbonyl (C=O) groups excluding carboxylic acids is 2. The molecule has 0 saturated heterocycles. The SMILES string of the molecule is CC(C)C(C(=O)CN(C)C(=S)c1ccccc1)C(=O)CN(C)C(=S)c1ccccc1. The van der Waals surface area contributed by atoms with Gasteiger partial charge in [0.1, 0.15) is 9.98 Å². The van der Waals surface area contributed by atoms with Gasteiger partial charge < -0.3 is 9.80 Å². The van der Waals surface area contributed by atoms with Crippen molar-refractivity contribution >= 4 is 46.0 Å². The monoisotopic (exact) mass is 440 g/mol. The van der Waals surface area contributed by atoms with E-state index in [1.807, 2.05) is 74.5 Å². The molecule has 2 rings (SSSR count). The number of hydrogen-bond acceptors (Lipinski definition) is 4. The molecule has 6 heteroatoms. The van der Waals surface area contributed by atoms with Gasteiger partial charge in [0.15, 0.2) is 11.6 Å². The lowest BCUT2D eigenvalue weighted by Gasteiger charge is -2.26. The van der Waals surface area contributed by atoms with Crippen molar-refractivity contribution < 1.29 is 9.59 Å². The van der Waals surface area contributed by atoms with Crippen molar-refractivity contribution in [3.05, 3.63) is 71.8 Å². The first kappa shape index (κ1) is 23.8. The lowest BCUT2D eigenvalue weighted by molar-refractivity contribution is -0.134. The van der Waals surface area contributed by atoms with Crippen LogP contribution in [-0.2, 0) is 9.59 Å². The van der Waals surface area contributed by atoms with Crippen molar-refractivity contribution in [2.24, 2.45) is 11.8 Å². The van der Waals surface area contributed by atoms with Crippen molar-refractivity contribution in [1.29, 1.82) is 0 Å². The Morgan fingerprint density at radius 2 is 1.07 bits per heavy atom. The summed E-state index contributed by atoms with van der Waals surface area (Å²) in [6, 6.07) is 19.1. The summed E-state index contributed by atoms with van der Waals surface area (Å²) in [6.45, 7) is 3.97. The molecule has 0 N–H and O–H groups in total. The van der Waals surface area contributed by atoms with Gasteiger partial charge in [-0.3, -0.25) is 9.59 Å². The zero-order chi connectivity index (χ0) is 22.3. The number of Topliss-reactive ketones (excluding diaryl/α,β-unsaturated/α-hetero) is 2. The fourth-order valence-corrected chi connectivity index (χ4v) is 3.73. The molecule has 0 saturated carbocycles. The molecule has 0 bridgehead atoms. The molecule has 0 aliphatic heterocycles. The molecule has 2 aromatic rings. The van der Waals surface area contributed by atoms with Gasteiger partial charge in [-0.25, -0.2) is 0 Å². The predicted octanol–water partition coefficient (Wildman–Crippen LogP) is 4.01. The summed E-state index contributed by atoms with van der Waals surface area (Å²) in [7, 11) is 3.57. The maximum Gasteiger partial charge on any atom is 0.162 e. The number of nitrogens with zero attached hydrogens (tertiary/aromatic N) is 2. The number of carbonyl (C=O) groups is 2. The average Bonchev–Trinajstić information content (AvgIpc) is 2.73. The average molecular weight is 441 g/mol. The number of hydrogen-bond donors (Lipinski definition) is 0. The third-order valence-electron chi connectivity index (χ3n) is 4.88. The van der Waals surface area contributed by atoms with E-state index in [1.165, 1.54) is 0 Å². The minimum atomic E-state index is -0.702. The molecule has 30 heavy (non-hydrogen) atoms. The molecule has 0 unspecified atom stereocenters. The molecular formula is C24H28N2O2S2. The highest BCUT2D eigenvalue weighted by Crippen LogP contribution is 2.17. The summed E-state index contributed by atoms with van der Waals surface area (Å²) >= 11 is 11.0. The Hall–Kier alpha value is -2.44. The van der Waals surface area contributed by atoms with Crippen LogP contribution in [0.5, 0.6) is 0 Å². The van der Waals surface area contributed by atoms with E-state index in [4.69, 9.17) is 24.4 Å². The number of likely N-dealkylation sites (N-methyl/N-ethyl adjacent to an activating group) is 2. The number of thiocarbonyl (C=S) groups is 2. The minimum absolute atomic E-state index is 0.0924. The lowest BCUT2D eigenvalue weighted by Crippen LogP contribution is -2.43. The smallest absolute Gasteiger partial charge is 0.162 e. The van der Waals surface area contributed by atoms with Crippen LogP contribution in [0.2, 0.25) is 0 Å². The van der Waals surface area contributed by atoms with Crippen LogP contribution in [0.25, 0.3) is 0 Å². The summed E-state index contributed by atoms with van der Waals surface area (Å²) in [5.41, 5.74) is 1.76. The molecule has 0 aliphatic rings. The summed E-state index contributed by atoms with van der Waals surface area (Å²) in [5.74, 6) is -1.07. The van der Waals surface area contributed by atoms with Crippen LogP contribution in [0.3, 0.4) is 0 Å². The molecule has 0 amide bonds. The highest BCUT2D eigenvalue weighted by atomic mass is 32.1. The molecule has 0 aliphatic carbocycles. The van der Waals surface area contributed by atoms with Gasteiger partial charge in [0.05, 0.1) is 19.0 Å². The molecular weight excluding hydrogens is 412 g/mol. The van der Waals surface area contributed by atoms with Gasteiger partial charge in [0.2, 0.25) is 0 Å². The Kier molecular flexibility index (Phi) is 8.81. The summed E-state index contributed by atoms with van der Waals surface area (Å²) in [5, 5.41) is 0. The normalized spacial score (nSPS) is 10.7. The molecule has 0 atom stereocenters. The fraction of sp³-hybridized carbons (Fsp3) is 0.333. The van der Waals surface area contributed by atoms with E-state index < -0.39 is 5.92 Å². The molecule has 0 fully saturated rings. The van der Waals surface area contributed by atoms with Gasteiger partial charge in [-0.05, 0) is 5.92 Å². The predicted molar refractivity (Wildman–Crippen MR) is 130 cm³/mol. The first-order valence-corrected chi connectivity index (χ1v) is 10.7. The Morgan fingerprint density at radius 3 is 1.37 bits per heavy atom. The van der Waals surface area contributed by atoms with E-state index in [9.17, 15) is 9.59 Å². The standard InChI is InChI=1S/C24H28N2O2S2/c1-17(2)22(20(27)15-25(3)23(29)18-11-7-5-8-12-18)21(28)16-26(4)24(30)19-13-9-6-10-14-19/h5-14,17,22H,15-16H2,1-4H3. The Bertz CT molecular complexity index is 826. The van der Waals surface area contributed by atoms with Crippen LogP contribution < -0.4 is 0 Å². The van der Waals surface area contributed by atoms with Gasteiger partial charge in [0.25, 0.3) is 0 Å². The third kappa shape index (κ3) is 6.28. The van der Waals surface area contributed by atoms with Gasteiger partial charge in [-0.2, -0.15) is 0 Å². The third-order valence-corrected chi connectivity index (χ3v) is 5.98. The zero-order valence-corrected chi connectivity index (χ0v) is 19.5. The van der Waals surface area contributed by atoms with E-state index in [1.54, 1.807) is 23.9 Å². The van der Waals surface area contributed by atoms with Crippen LogP contribution in [0.1, 0.15) is 25.0 Å². The van der Waals surface area contributed by atoms with Crippen LogP contribution in [0.4, 0.5) is 0 Å². The highest BCUT2D eigenvalue weighted by Gasteiger charge is 2.31. The lowest BCUT2D eigenvalue weighted by atomic mass is 9.87. The molecule has 0 spiro atoms. The number of ketones is 2. The van der Waals surface area contributed by atoms with E-state index in [2.05, 4.69) is 0 Å². The van der Waals surface area contributed by atoms with Crippen LogP contribution in [0.15, 0.2) is 60.7 Å². The molecule has 0 heterocycles. The van der Waals surface area contributed by atoms with Gasteiger partial charge >= 0.3 is 0 Å². The van der Waals surface area contributed by atoms with E-state index in [0.717, 1.165) is 11.1 Å². The van der Waals surface area contributed by atoms with Crippen LogP contribution in [0, 0.1) is 11.8 Å². The minimum Gasteiger partial charge on any atom is -0.358 e. The van der Waals surface area contributed by atoms with Crippen LogP contribution in [-0.4, -0.2) is 58.5 Å². The second-order valence-electron chi connectivity index (χ2n) is 7.71. The van der Waals surface area contributed by atoms with Crippen LogP contribution >= 0.6 is 24.4 Å². The maximum atomic E-state index is 13.0. The molecule has 158 valence electrons. The topological polar surface area (TPSA) is 40.6 Å². The van der Waals surface area contributed by atoms with E-state index in [0.29, 0.717) is 9.98 Å². The first-order valence-electron chi connectivity index (χ1n) is 9.88. The summed E-state index contributed by atoms with van der Waals surface area (Å²) in [6.07, 6.45) is 0. The number of benzene rings is 2. The highest BCUT2D eigenvalue weighted by molar-refractivity contribution is 7.80.